The normalized spacial score (nSPS) is 19.7. The van der Waals surface area contributed by atoms with E-state index in [1.165, 1.54) is 6.08 Å². The fourth-order valence-electron chi connectivity index (χ4n) is 2.70. The molecule has 0 aliphatic carbocycles. The quantitative estimate of drug-likeness (QED) is 0.182. The van der Waals surface area contributed by atoms with Gasteiger partial charge in [0.05, 0.1) is 0 Å². The van der Waals surface area contributed by atoms with Gasteiger partial charge in [-0.2, -0.15) is 0 Å². The first kappa shape index (κ1) is 25.1. The van der Waals surface area contributed by atoms with Crippen molar-refractivity contribution in [1.29, 1.82) is 0 Å². The van der Waals surface area contributed by atoms with Crippen molar-refractivity contribution in [1.82, 2.24) is 0 Å². The molecule has 162 valence electrons. The van der Waals surface area contributed by atoms with Crippen LogP contribution in [0.4, 0.5) is 0 Å². The van der Waals surface area contributed by atoms with E-state index in [0.29, 0.717) is 19.3 Å². The summed E-state index contributed by atoms with van der Waals surface area (Å²) in [4.78, 5) is 33.3. The molecule has 2 atom stereocenters. The Labute approximate surface area is 179 Å². The maximum Gasteiger partial charge on any atom is 0.331 e. The number of allylic oxidation sites excluding steroid dienone is 8. The minimum Gasteiger partial charge on any atom is -0.478 e. The van der Waals surface area contributed by atoms with Gasteiger partial charge in [0.1, 0.15) is 11.9 Å². The van der Waals surface area contributed by atoms with E-state index >= 15 is 0 Å². The lowest BCUT2D eigenvalue weighted by atomic mass is 10.0. The largest absolute Gasteiger partial charge is 0.478 e. The molecule has 5 nitrogen and oxygen atoms in total. The fraction of sp³-hybridized carbons (Fsp3) is 0.400. The second kappa shape index (κ2) is 15.9. The molecule has 0 aromatic carbocycles. The number of cyclic esters (lactones) is 1. The molecule has 30 heavy (non-hydrogen) atoms. The van der Waals surface area contributed by atoms with Crippen LogP contribution in [0.15, 0.2) is 72.9 Å². The summed E-state index contributed by atoms with van der Waals surface area (Å²) in [7, 11) is 0. The third-order valence-corrected chi connectivity index (χ3v) is 4.42. The van der Waals surface area contributed by atoms with Crippen molar-refractivity contribution in [2.24, 2.45) is 5.92 Å². The van der Waals surface area contributed by atoms with Crippen LogP contribution in [0.25, 0.3) is 0 Å². The number of esters is 1. The SMILES string of the molecule is CC1C=CC(=O)OC1C=CC=CCCC=CC=CCC(=O)CCCCC=CC(=O)O. The van der Waals surface area contributed by atoms with E-state index in [9.17, 15) is 14.4 Å². The molecule has 0 aromatic rings. The van der Waals surface area contributed by atoms with Crippen LogP contribution in [0, 0.1) is 5.92 Å². The zero-order valence-corrected chi connectivity index (χ0v) is 17.6. The van der Waals surface area contributed by atoms with Crippen molar-refractivity contribution in [2.75, 3.05) is 0 Å². The first-order chi connectivity index (χ1) is 14.5. The van der Waals surface area contributed by atoms with Crippen molar-refractivity contribution >= 4 is 17.7 Å². The minimum absolute atomic E-state index is 0.190. The third kappa shape index (κ3) is 13.3. The van der Waals surface area contributed by atoms with Crippen LogP contribution in [0.5, 0.6) is 0 Å². The zero-order valence-electron chi connectivity index (χ0n) is 17.6. The molecule has 0 fully saturated rings. The zero-order chi connectivity index (χ0) is 22.0. The number of hydrogen-bond acceptors (Lipinski definition) is 4. The molecular formula is C25H32O5. The van der Waals surface area contributed by atoms with E-state index in [1.807, 2.05) is 49.5 Å². The second-order valence-electron chi connectivity index (χ2n) is 7.10. The Kier molecular flexibility index (Phi) is 13.3. The molecule has 1 aliphatic heterocycles. The van der Waals surface area contributed by atoms with Crippen LogP contribution in [0.1, 0.15) is 51.9 Å². The van der Waals surface area contributed by atoms with Gasteiger partial charge in [-0.05, 0) is 38.2 Å². The van der Waals surface area contributed by atoms with E-state index in [-0.39, 0.29) is 23.8 Å². The monoisotopic (exact) mass is 412 g/mol. The van der Waals surface area contributed by atoms with Gasteiger partial charge in [-0.15, -0.1) is 0 Å². The Morgan fingerprint density at radius 1 is 1.00 bits per heavy atom. The van der Waals surface area contributed by atoms with Crippen molar-refractivity contribution in [3.63, 3.8) is 0 Å². The fourth-order valence-corrected chi connectivity index (χ4v) is 2.70. The van der Waals surface area contributed by atoms with E-state index in [0.717, 1.165) is 31.8 Å². The highest BCUT2D eigenvalue weighted by Gasteiger charge is 2.19. The lowest BCUT2D eigenvalue weighted by Crippen LogP contribution is -2.25. The molecule has 5 heteroatoms. The topological polar surface area (TPSA) is 80.7 Å². The number of carboxylic acid groups (broad SMARTS) is 1. The molecule has 0 saturated carbocycles. The average Bonchev–Trinajstić information content (AvgIpc) is 2.71. The molecule has 0 aromatic heterocycles. The van der Waals surface area contributed by atoms with Gasteiger partial charge >= 0.3 is 11.9 Å². The average molecular weight is 413 g/mol. The van der Waals surface area contributed by atoms with Crippen LogP contribution in [0.3, 0.4) is 0 Å². The predicted octanol–water partition coefficient (Wildman–Crippen LogP) is 5.27. The molecule has 2 unspecified atom stereocenters. The number of Topliss-reactive ketones (excluding diaryl/α,β-unsaturated/α-hetero) is 1. The highest BCUT2D eigenvalue weighted by molar-refractivity contribution is 5.83. The summed E-state index contributed by atoms with van der Waals surface area (Å²) in [5.41, 5.74) is 0. The van der Waals surface area contributed by atoms with Crippen molar-refractivity contribution < 1.29 is 24.2 Å². The first-order valence-electron chi connectivity index (χ1n) is 10.4. The number of unbranched alkanes of at least 4 members (excludes halogenated alkanes) is 3. The van der Waals surface area contributed by atoms with Crippen molar-refractivity contribution in [3.8, 4) is 0 Å². The molecule has 0 radical (unpaired) electrons. The lowest BCUT2D eigenvalue weighted by Gasteiger charge is -2.21. The molecule has 1 heterocycles. The van der Waals surface area contributed by atoms with Gasteiger partial charge in [0.2, 0.25) is 0 Å². The summed E-state index contributed by atoms with van der Waals surface area (Å²) in [6.45, 7) is 2.01. The van der Waals surface area contributed by atoms with Crippen molar-refractivity contribution in [2.45, 2.75) is 58.0 Å². The lowest BCUT2D eigenvalue weighted by molar-refractivity contribution is -0.143. The summed E-state index contributed by atoms with van der Waals surface area (Å²) in [5, 5.41) is 8.47. The van der Waals surface area contributed by atoms with Crippen LogP contribution < -0.4 is 0 Å². The number of carbonyl (C=O) groups is 3. The summed E-state index contributed by atoms with van der Waals surface area (Å²) in [6.07, 6.45) is 26.5. The van der Waals surface area contributed by atoms with Crippen LogP contribution >= 0.6 is 0 Å². The summed E-state index contributed by atoms with van der Waals surface area (Å²) in [6, 6.07) is 0. The van der Waals surface area contributed by atoms with Gasteiger partial charge in [-0.1, -0.05) is 61.6 Å². The molecule has 0 bridgehead atoms. The molecule has 1 rings (SSSR count). The minimum atomic E-state index is -0.937. The van der Waals surface area contributed by atoms with Crippen LogP contribution in [-0.2, 0) is 19.1 Å². The Balaban J connectivity index is 2.07. The highest BCUT2D eigenvalue weighted by Crippen LogP contribution is 2.16. The van der Waals surface area contributed by atoms with Gasteiger partial charge in [0.15, 0.2) is 0 Å². The highest BCUT2D eigenvalue weighted by atomic mass is 16.5. The Bertz CT molecular complexity index is 722. The number of carboxylic acids is 1. The number of carbonyl (C=O) groups excluding carboxylic acids is 2. The van der Waals surface area contributed by atoms with Gasteiger partial charge in [0.25, 0.3) is 0 Å². The third-order valence-electron chi connectivity index (χ3n) is 4.42. The number of aliphatic carboxylic acids is 1. The smallest absolute Gasteiger partial charge is 0.331 e. The maximum atomic E-state index is 11.7. The molecule has 0 amide bonds. The molecule has 0 saturated heterocycles. The van der Waals surface area contributed by atoms with Crippen molar-refractivity contribution in [3.05, 3.63) is 72.9 Å². The van der Waals surface area contributed by atoms with E-state index in [2.05, 4.69) is 12.2 Å². The Morgan fingerprint density at radius 3 is 2.43 bits per heavy atom. The van der Waals surface area contributed by atoms with Gasteiger partial charge in [-0.3, -0.25) is 4.79 Å². The molecule has 1 aliphatic rings. The van der Waals surface area contributed by atoms with E-state index in [1.54, 1.807) is 6.08 Å². The maximum absolute atomic E-state index is 11.7. The standard InChI is InChI=1S/C25H32O5/c1-21-19-20-25(29)30-23(21)17-13-8-6-4-2-3-5-7-11-15-22(26)16-12-9-10-14-18-24(27)28/h3,5-8,11,13-14,17-21,23H,2,4,9-10,12,15-16H2,1H3,(H,27,28). The molecule has 1 N–H and O–H groups in total. The van der Waals surface area contributed by atoms with Crippen LogP contribution in [0.2, 0.25) is 0 Å². The number of ketones is 1. The molecular weight excluding hydrogens is 380 g/mol. The number of hydrogen-bond donors (Lipinski definition) is 1. The Morgan fingerprint density at radius 2 is 1.70 bits per heavy atom. The van der Waals surface area contributed by atoms with Crippen LogP contribution in [-0.4, -0.2) is 28.9 Å². The van der Waals surface area contributed by atoms with Gasteiger partial charge in [0, 0.05) is 30.9 Å². The summed E-state index contributed by atoms with van der Waals surface area (Å²) < 4.78 is 5.23. The summed E-state index contributed by atoms with van der Waals surface area (Å²) in [5.74, 6) is -0.842. The predicted molar refractivity (Wildman–Crippen MR) is 119 cm³/mol. The van der Waals surface area contributed by atoms with E-state index < -0.39 is 5.97 Å². The molecule has 0 spiro atoms. The first-order valence-corrected chi connectivity index (χ1v) is 10.4. The summed E-state index contributed by atoms with van der Waals surface area (Å²) >= 11 is 0. The van der Waals surface area contributed by atoms with E-state index in [4.69, 9.17) is 9.84 Å². The van der Waals surface area contributed by atoms with Gasteiger partial charge in [-0.25, -0.2) is 9.59 Å². The van der Waals surface area contributed by atoms with Gasteiger partial charge < -0.3 is 9.84 Å². The Hall–Kier alpha value is -2.95. The number of rotatable bonds is 14. The second-order valence-corrected chi connectivity index (χ2v) is 7.10. The number of ether oxygens (including phenoxy) is 1.